The summed E-state index contributed by atoms with van der Waals surface area (Å²) in [6.45, 7) is 6.84. The van der Waals surface area contributed by atoms with Crippen LogP contribution in [0, 0.1) is 6.57 Å². The van der Waals surface area contributed by atoms with E-state index in [1.54, 1.807) is 13.1 Å². The van der Waals surface area contributed by atoms with Crippen molar-refractivity contribution in [3.8, 4) is 5.75 Å². The number of aryl methyl sites for hydroxylation is 1. The van der Waals surface area contributed by atoms with Crippen molar-refractivity contribution in [2.24, 2.45) is 7.05 Å². The standard InChI is InChI=1S/C10H6BrN3O2/c1-12-6-4-3-5-8(13-6)9(15)7(11)10(16)14(5)2/h3-4,15H,2H3. The minimum absolute atomic E-state index is 0.0529. The summed E-state index contributed by atoms with van der Waals surface area (Å²) in [5.41, 5.74) is 0.378. The maximum atomic E-state index is 11.6. The third-order valence-corrected chi connectivity index (χ3v) is 2.97. The first kappa shape index (κ1) is 10.6. The van der Waals surface area contributed by atoms with E-state index in [-0.39, 0.29) is 27.1 Å². The van der Waals surface area contributed by atoms with Gasteiger partial charge in [0.1, 0.15) is 4.47 Å². The molecule has 80 valence electrons. The van der Waals surface area contributed by atoms with Crippen molar-refractivity contribution in [3.05, 3.63) is 38.4 Å². The van der Waals surface area contributed by atoms with E-state index in [1.165, 1.54) is 10.6 Å². The van der Waals surface area contributed by atoms with Crippen LogP contribution in [0.3, 0.4) is 0 Å². The molecule has 0 saturated heterocycles. The Bertz CT molecular complexity index is 685. The highest BCUT2D eigenvalue weighted by Crippen LogP contribution is 2.29. The van der Waals surface area contributed by atoms with E-state index in [4.69, 9.17) is 6.57 Å². The van der Waals surface area contributed by atoms with Gasteiger partial charge in [-0.3, -0.25) is 4.79 Å². The topological polar surface area (TPSA) is 59.5 Å². The maximum Gasteiger partial charge on any atom is 0.270 e. The number of pyridine rings is 2. The smallest absolute Gasteiger partial charge is 0.270 e. The average molecular weight is 280 g/mol. The van der Waals surface area contributed by atoms with Crippen LogP contribution in [-0.2, 0) is 7.05 Å². The quantitative estimate of drug-likeness (QED) is 0.750. The summed E-state index contributed by atoms with van der Waals surface area (Å²) in [6, 6.07) is 3.09. The Morgan fingerprint density at radius 1 is 1.56 bits per heavy atom. The van der Waals surface area contributed by atoms with Crippen LogP contribution >= 0.6 is 15.9 Å². The van der Waals surface area contributed by atoms with Crippen molar-refractivity contribution < 1.29 is 5.11 Å². The van der Waals surface area contributed by atoms with E-state index in [2.05, 4.69) is 25.8 Å². The van der Waals surface area contributed by atoms with E-state index in [1.807, 2.05) is 0 Å². The van der Waals surface area contributed by atoms with Gasteiger partial charge in [0.2, 0.25) is 5.52 Å². The molecule has 0 aliphatic rings. The second-order valence-corrected chi connectivity index (χ2v) is 3.97. The zero-order valence-corrected chi connectivity index (χ0v) is 9.82. The molecular formula is C10H6BrN3O2. The van der Waals surface area contributed by atoms with Gasteiger partial charge in [0.05, 0.1) is 5.52 Å². The number of halogens is 1. The highest BCUT2D eigenvalue weighted by atomic mass is 79.9. The predicted molar refractivity (Wildman–Crippen MR) is 62.6 cm³/mol. The van der Waals surface area contributed by atoms with E-state index in [0.717, 1.165) is 0 Å². The van der Waals surface area contributed by atoms with Gasteiger partial charge in [0.15, 0.2) is 5.75 Å². The molecule has 0 atom stereocenters. The van der Waals surface area contributed by atoms with Gasteiger partial charge in [-0.1, -0.05) is 6.57 Å². The van der Waals surface area contributed by atoms with E-state index in [9.17, 15) is 9.90 Å². The molecule has 1 N–H and O–H groups in total. The van der Waals surface area contributed by atoms with Gasteiger partial charge in [-0.05, 0) is 28.1 Å². The molecule has 6 heteroatoms. The highest BCUT2D eigenvalue weighted by Gasteiger charge is 2.16. The second-order valence-electron chi connectivity index (χ2n) is 3.18. The molecule has 16 heavy (non-hydrogen) atoms. The van der Waals surface area contributed by atoms with Crippen LogP contribution in [0.15, 0.2) is 21.4 Å². The fourth-order valence-corrected chi connectivity index (χ4v) is 1.86. The van der Waals surface area contributed by atoms with Gasteiger partial charge < -0.3 is 14.5 Å². The molecule has 0 fully saturated rings. The molecule has 2 aromatic heterocycles. The Balaban J connectivity index is 3.04. The van der Waals surface area contributed by atoms with Gasteiger partial charge in [0.25, 0.3) is 11.4 Å². The fourth-order valence-electron chi connectivity index (χ4n) is 1.41. The summed E-state index contributed by atoms with van der Waals surface area (Å²) in [5.74, 6) is -0.0584. The first-order valence-electron chi connectivity index (χ1n) is 4.32. The number of nitrogens with zero attached hydrogens (tertiary/aromatic N) is 3. The number of aromatic nitrogens is 2. The normalized spacial score (nSPS) is 10.3. The lowest BCUT2D eigenvalue weighted by molar-refractivity contribution is 0.474. The Kier molecular flexibility index (Phi) is 2.40. The van der Waals surface area contributed by atoms with Crippen molar-refractivity contribution in [1.82, 2.24) is 9.55 Å². The minimum Gasteiger partial charge on any atom is -0.503 e. The number of aromatic hydroxyl groups is 1. The first-order valence-corrected chi connectivity index (χ1v) is 5.11. The molecule has 0 saturated carbocycles. The van der Waals surface area contributed by atoms with Crippen LogP contribution in [0.1, 0.15) is 0 Å². The van der Waals surface area contributed by atoms with Crippen LogP contribution in [0.25, 0.3) is 15.9 Å². The largest absolute Gasteiger partial charge is 0.503 e. The van der Waals surface area contributed by atoms with Crippen molar-refractivity contribution in [3.63, 3.8) is 0 Å². The van der Waals surface area contributed by atoms with Gasteiger partial charge in [-0.2, -0.15) is 0 Å². The lowest BCUT2D eigenvalue weighted by Gasteiger charge is -2.05. The fraction of sp³-hybridized carbons (Fsp3) is 0.100. The van der Waals surface area contributed by atoms with Gasteiger partial charge in [0, 0.05) is 7.05 Å². The predicted octanol–water partition coefficient (Wildman–Crippen LogP) is 1.95. The molecule has 2 heterocycles. The van der Waals surface area contributed by atoms with E-state index < -0.39 is 0 Å². The molecule has 2 aromatic rings. The third-order valence-electron chi connectivity index (χ3n) is 2.26. The average Bonchev–Trinajstić information content (AvgIpc) is 2.33. The molecular weight excluding hydrogens is 274 g/mol. The lowest BCUT2D eigenvalue weighted by Crippen LogP contribution is -2.17. The molecule has 0 aliphatic carbocycles. The third kappa shape index (κ3) is 1.37. The first-order chi connectivity index (χ1) is 7.56. The van der Waals surface area contributed by atoms with Crippen LogP contribution in [0.5, 0.6) is 5.75 Å². The lowest BCUT2D eigenvalue weighted by atomic mass is 10.3. The monoisotopic (exact) mass is 279 g/mol. The van der Waals surface area contributed by atoms with Crippen LogP contribution in [0.2, 0.25) is 0 Å². The Morgan fingerprint density at radius 3 is 2.88 bits per heavy atom. The molecule has 0 unspecified atom stereocenters. The summed E-state index contributed by atoms with van der Waals surface area (Å²) in [6.07, 6.45) is 0. The summed E-state index contributed by atoms with van der Waals surface area (Å²) in [4.78, 5) is 18.8. The summed E-state index contributed by atoms with van der Waals surface area (Å²) < 4.78 is 1.41. The van der Waals surface area contributed by atoms with Crippen LogP contribution in [0.4, 0.5) is 5.82 Å². The van der Waals surface area contributed by atoms with Crippen molar-refractivity contribution >= 4 is 32.8 Å². The second kappa shape index (κ2) is 3.61. The highest BCUT2D eigenvalue weighted by molar-refractivity contribution is 9.10. The maximum absolute atomic E-state index is 11.6. The molecule has 0 radical (unpaired) electrons. The molecule has 0 aliphatic heterocycles. The molecule has 0 bridgehead atoms. The van der Waals surface area contributed by atoms with Gasteiger partial charge in [-0.25, -0.2) is 0 Å². The molecule has 0 spiro atoms. The van der Waals surface area contributed by atoms with Gasteiger partial charge >= 0.3 is 0 Å². The molecule has 0 aromatic carbocycles. The zero-order chi connectivity index (χ0) is 11.9. The number of hydrogen-bond acceptors (Lipinski definition) is 3. The van der Waals surface area contributed by atoms with E-state index in [0.29, 0.717) is 5.52 Å². The molecule has 2 rings (SSSR count). The summed E-state index contributed by atoms with van der Waals surface area (Å²) in [7, 11) is 1.58. The Morgan fingerprint density at radius 2 is 2.25 bits per heavy atom. The van der Waals surface area contributed by atoms with Crippen LogP contribution in [-0.4, -0.2) is 14.7 Å². The van der Waals surface area contributed by atoms with Crippen LogP contribution < -0.4 is 5.56 Å². The SMILES string of the molecule is [C-]#[N+]c1ccc2c(n1)c(O)c(Br)c(=O)n2C. The molecule has 5 nitrogen and oxygen atoms in total. The number of fused-ring (bicyclic) bond motifs is 1. The number of rotatable bonds is 0. The van der Waals surface area contributed by atoms with Crippen molar-refractivity contribution in [1.29, 1.82) is 0 Å². The van der Waals surface area contributed by atoms with E-state index >= 15 is 0 Å². The zero-order valence-electron chi connectivity index (χ0n) is 8.23. The Labute approximate surface area is 98.9 Å². The van der Waals surface area contributed by atoms with Gasteiger partial charge in [-0.15, -0.1) is 4.98 Å². The minimum atomic E-state index is -0.345. The summed E-state index contributed by atoms with van der Waals surface area (Å²) in [5, 5.41) is 9.76. The molecule has 0 amide bonds. The van der Waals surface area contributed by atoms with Crippen molar-refractivity contribution in [2.45, 2.75) is 0 Å². The summed E-state index contributed by atoms with van der Waals surface area (Å²) >= 11 is 3.00. The Hall–Kier alpha value is -1.87. The number of hydrogen-bond donors (Lipinski definition) is 1. The van der Waals surface area contributed by atoms with Crippen molar-refractivity contribution in [2.75, 3.05) is 0 Å².